The van der Waals surface area contributed by atoms with E-state index in [2.05, 4.69) is 15.5 Å². The van der Waals surface area contributed by atoms with Crippen LogP contribution in [0.1, 0.15) is 48.3 Å². The van der Waals surface area contributed by atoms with Crippen molar-refractivity contribution < 1.29 is 14.1 Å². The second kappa shape index (κ2) is 9.48. The van der Waals surface area contributed by atoms with Gasteiger partial charge in [0.15, 0.2) is 0 Å². The van der Waals surface area contributed by atoms with Crippen molar-refractivity contribution >= 4 is 11.8 Å². The molecule has 0 aromatic carbocycles. The van der Waals surface area contributed by atoms with Gasteiger partial charge in [0.25, 0.3) is 0 Å². The molecule has 0 saturated carbocycles. The van der Waals surface area contributed by atoms with Crippen molar-refractivity contribution in [1.29, 1.82) is 0 Å². The van der Waals surface area contributed by atoms with Gasteiger partial charge in [-0.3, -0.25) is 14.6 Å². The monoisotopic (exact) mass is 384 g/mol. The normalized spacial score (nSPS) is 14.9. The number of hydrogen-bond donors (Lipinski definition) is 1. The Bertz CT molecular complexity index is 776. The predicted molar refractivity (Wildman–Crippen MR) is 104 cm³/mol. The molecule has 0 bridgehead atoms. The largest absolute Gasteiger partial charge is 0.361 e. The molecule has 3 rings (SSSR count). The van der Waals surface area contributed by atoms with E-state index in [1.807, 2.05) is 30.9 Å². The Morgan fingerprint density at radius 2 is 2.07 bits per heavy atom. The van der Waals surface area contributed by atoms with Crippen LogP contribution in [-0.4, -0.2) is 39.9 Å². The molecule has 3 heterocycles. The number of rotatable bonds is 7. The number of nitrogens with zero attached hydrogens (tertiary/aromatic N) is 3. The maximum absolute atomic E-state index is 12.5. The molecule has 0 aliphatic carbocycles. The van der Waals surface area contributed by atoms with Crippen LogP contribution in [0.4, 0.5) is 0 Å². The fourth-order valence-electron chi connectivity index (χ4n) is 3.62. The number of likely N-dealkylation sites (tertiary alicyclic amines) is 1. The van der Waals surface area contributed by atoms with Crippen molar-refractivity contribution in [3.05, 3.63) is 47.1 Å². The van der Waals surface area contributed by atoms with Gasteiger partial charge in [0.05, 0.1) is 12.1 Å². The number of hydrogen-bond acceptors (Lipinski definition) is 5. The summed E-state index contributed by atoms with van der Waals surface area (Å²) in [6.07, 6.45) is 7.12. The molecule has 150 valence electrons. The van der Waals surface area contributed by atoms with Crippen LogP contribution < -0.4 is 5.32 Å². The third-order valence-corrected chi connectivity index (χ3v) is 5.47. The number of carbonyl (C=O) groups is 2. The number of carbonyl (C=O) groups excluding carboxylic acids is 2. The number of piperidine rings is 1. The van der Waals surface area contributed by atoms with Crippen molar-refractivity contribution in [3.63, 3.8) is 0 Å². The van der Waals surface area contributed by atoms with Gasteiger partial charge in [-0.15, -0.1) is 0 Å². The molecule has 0 radical (unpaired) electrons. The lowest BCUT2D eigenvalue weighted by Gasteiger charge is -2.32. The van der Waals surface area contributed by atoms with Gasteiger partial charge in [-0.25, -0.2) is 0 Å². The Balaban J connectivity index is 1.36. The average Bonchev–Trinajstić information content (AvgIpc) is 3.04. The molecule has 0 spiro atoms. The molecular weight excluding hydrogens is 356 g/mol. The quantitative estimate of drug-likeness (QED) is 0.793. The second-order valence-corrected chi connectivity index (χ2v) is 7.48. The number of nitrogens with one attached hydrogen (secondary N) is 1. The summed E-state index contributed by atoms with van der Waals surface area (Å²) in [5, 5.41) is 6.86. The highest BCUT2D eigenvalue weighted by atomic mass is 16.5. The molecule has 1 fully saturated rings. The smallest absolute Gasteiger partial charge is 0.227 e. The third-order valence-electron chi connectivity index (χ3n) is 5.47. The molecule has 1 aliphatic rings. The van der Waals surface area contributed by atoms with E-state index in [9.17, 15) is 9.59 Å². The molecular formula is C21H28N4O3. The first-order valence-electron chi connectivity index (χ1n) is 9.88. The summed E-state index contributed by atoms with van der Waals surface area (Å²) in [6.45, 7) is 5.73. The molecule has 1 N–H and O–H groups in total. The number of amides is 2. The van der Waals surface area contributed by atoms with Gasteiger partial charge in [0.2, 0.25) is 11.8 Å². The van der Waals surface area contributed by atoms with Gasteiger partial charge in [-0.05, 0) is 50.7 Å². The van der Waals surface area contributed by atoms with Crippen LogP contribution in [0, 0.1) is 19.8 Å². The fourth-order valence-corrected chi connectivity index (χ4v) is 3.62. The average molecular weight is 384 g/mol. The third kappa shape index (κ3) is 5.41. The number of pyridine rings is 1. The molecule has 7 nitrogen and oxygen atoms in total. The molecule has 0 unspecified atom stereocenters. The van der Waals surface area contributed by atoms with Gasteiger partial charge >= 0.3 is 0 Å². The summed E-state index contributed by atoms with van der Waals surface area (Å²) >= 11 is 0. The van der Waals surface area contributed by atoms with Crippen LogP contribution >= 0.6 is 0 Å². The summed E-state index contributed by atoms with van der Waals surface area (Å²) in [4.78, 5) is 30.6. The van der Waals surface area contributed by atoms with E-state index >= 15 is 0 Å². The predicted octanol–water partition coefficient (Wildman–Crippen LogP) is 2.56. The first kappa shape index (κ1) is 20.0. The summed E-state index contributed by atoms with van der Waals surface area (Å²) < 4.78 is 5.14. The molecule has 1 saturated heterocycles. The Morgan fingerprint density at radius 1 is 1.29 bits per heavy atom. The Kier molecular flexibility index (Phi) is 6.79. The zero-order valence-electron chi connectivity index (χ0n) is 16.6. The van der Waals surface area contributed by atoms with Crippen LogP contribution in [-0.2, 0) is 22.6 Å². The van der Waals surface area contributed by atoms with E-state index in [1.54, 1.807) is 12.4 Å². The molecule has 2 aromatic heterocycles. The summed E-state index contributed by atoms with van der Waals surface area (Å²) in [5.41, 5.74) is 2.69. The van der Waals surface area contributed by atoms with E-state index in [1.165, 1.54) is 0 Å². The van der Waals surface area contributed by atoms with Crippen molar-refractivity contribution in [2.75, 3.05) is 13.1 Å². The topological polar surface area (TPSA) is 88.3 Å². The van der Waals surface area contributed by atoms with Crippen molar-refractivity contribution in [2.45, 2.75) is 52.5 Å². The maximum Gasteiger partial charge on any atom is 0.227 e. The van der Waals surface area contributed by atoms with E-state index in [0.717, 1.165) is 54.9 Å². The van der Waals surface area contributed by atoms with Crippen molar-refractivity contribution in [1.82, 2.24) is 20.4 Å². The standard InChI is InChI=1S/C21H28N4O3/c1-15-19(16(2)28-24-15)12-21(27)25-10-7-17(8-11-25)5-6-20(26)23-14-18-4-3-9-22-13-18/h3-4,9,13,17H,5-8,10-12,14H2,1-2H3,(H,23,26). The molecule has 28 heavy (non-hydrogen) atoms. The molecule has 1 aliphatic heterocycles. The minimum atomic E-state index is 0.0702. The first-order valence-corrected chi connectivity index (χ1v) is 9.88. The van der Waals surface area contributed by atoms with Crippen LogP contribution in [0.5, 0.6) is 0 Å². The molecule has 2 aromatic rings. The van der Waals surface area contributed by atoms with Gasteiger partial charge in [0.1, 0.15) is 5.76 Å². The fraction of sp³-hybridized carbons (Fsp3) is 0.524. The maximum atomic E-state index is 12.5. The lowest BCUT2D eigenvalue weighted by molar-refractivity contribution is -0.132. The molecule has 7 heteroatoms. The van der Waals surface area contributed by atoms with Crippen LogP contribution in [0.2, 0.25) is 0 Å². The Morgan fingerprint density at radius 3 is 2.71 bits per heavy atom. The minimum absolute atomic E-state index is 0.0702. The van der Waals surface area contributed by atoms with Crippen molar-refractivity contribution in [3.8, 4) is 0 Å². The number of aromatic nitrogens is 2. The lowest BCUT2D eigenvalue weighted by Crippen LogP contribution is -2.39. The summed E-state index contributed by atoms with van der Waals surface area (Å²) in [7, 11) is 0. The minimum Gasteiger partial charge on any atom is -0.361 e. The van der Waals surface area contributed by atoms with E-state index in [0.29, 0.717) is 25.3 Å². The summed E-state index contributed by atoms with van der Waals surface area (Å²) in [5.74, 6) is 1.41. The van der Waals surface area contributed by atoms with E-state index < -0.39 is 0 Å². The van der Waals surface area contributed by atoms with Crippen molar-refractivity contribution in [2.24, 2.45) is 5.92 Å². The molecule has 2 amide bonds. The SMILES string of the molecule is Cc1noc(C)c1CC(=O)N1CCC(CCC(=O)NCc2cccnc2)CC1. The Labute approximate surface area is 165 Å². The van der Waals surface area contributed by atoms with Gasteiger partial charge in [-0.2, -0.15) is 0 Å². The highest BCUT2D eigenvalue weighted by Gasteiger charge is 2.24. The van der Waals surface area contributed by atoms with E-state index in [4.69, 9.17) is 4.52 Å². The van der Waals surface area contributed by atoms with Crippen LogP contribution in [0.15, 0.2) is 29.0 Å². The van der Waals surface area contributed by atoms with E-state index in [-0.39, 0.29) is 11.8 Å². The highest BCUT2D eigenvalue weighted by Crippen LogP contribution is 2.23. The van der Waals surface area contributed by atoms with Gasteiger partial charge < -0.3 is 14.7 Å². The lowest BCUT2D eigenvalue weighted by atomic mass is 9.91. The second-order valence-electron chi connectivity index (χ2n) is 7.48. The number of aryl methyl sites for hydroxylation is 2. The highest BCUT2D eigenvalue weighted by molar-refractivity contribution is 5.79. The van der Waals surface area contributed by atoms with Gasteiger partial charge in [0, 0.05) is 44.0 Å². The zero-order valence-corrected chi connectivity index (χ0v) is 16.6. The Hall–Kier alpha value is -2.70. The van der Waals surface area contributed by atoms with Gasteiger partial charge in [-0.1, -0.05) is 11.2 Å². The van der Waals surface area contributed by atoms with Crippen LogP contribution in [0.3, 0.4) is 0 Å². The summed E-state index contributed by atoms with van der Waals surface area (Å²) in [6, 6.07) is 3.81. The van der Waals surface area contributed by atoms with Crippen LogP contribution in [0.25, 0.3) is 0 Å². The zero-order chi connectivity index (χ0) is 19.9. The first-order chi connectivity index (χ1) is 13.5. The molecule has 0 atom stereocenters.